The molecule has 1 aliphatic rings. The van der Waals surface area contributed by atoms with E-state index in [0.717, 1.165) is 13.0 Å². The molecule has 1 fully saturated rings. The van der Waals surface area contributed by atoms with E-state index in [9.17, 15) is 4.79 Å². The normalized spacial score (nSPS) is 19.3. The van der Waals surface area contributed by atoms with E-state index in [1.165, 1.54) is 25.7 Å². The highest BCUT2D eigenvalue weighted by molar-refractivity contribution is 5.67. The van der Waals surface area contributed by atoms with Crippen molar-refractivity contribution in [1.82, 2.24) is 5.32 Å². The van der Waals surface area contributed by atoms with Crippen molar-refractivity contribution in [3.8, 4) is 0 Å². The van der Waals surface area contributed by atoms with Gasteiger partial charge in [-0.1, -0.05) is 19.8 Å². The second-order valence-electron chi connectivity index (χ2n) is 4.16. The van der Waals surface area contributed by atoms with Crippen LogP contribution in [0.25, 0.3) is 0 Å². The SMILES string of the molecule is CCC(C)OC(=O)NCC1CCCC1. The highest BCUT2D eigenvalue weighted by Crippen LogP contribution is 2.23. The van der Waals surface area contributed by atoms with Gasteiger partial charge in [0.25, 0.3) is 0 Å². The lowest BCUT2D eigenvalue weighted by Crippen LogP contribution is -2.31. The first-order valence-electron chi connectivity index (χ1n) is 5.66. The minimum atomic E-state index is -0.258. The Kier molecular flexibility index (Phi) is 4.77. The molecule has 0 aromatic rings. The molecule has 0 aromatic carbocycles. The summed E-state index contributed by atoms with van der Waals surface area (Å²) in [6.45, 7) is 4.71. The smallest absolute Gasteiger partial charge is 0.407 e. The van der Waals surface area contributed by atoms with E-state index in [1.807, 2.05) is 13.8 Å². The summed E-state index contributed by atoms with van der Waals surface area (Å²) in [5, 5.41) is 2.83. The van der Waals surface area contributed by atoms with Crippen molar-refractivity contribution in [3.63, 3.8) is 0 Å². The van der Waals surface area contributed by atoms with Gasteiger partial charge in [0.2, 0.25) is 0 Å². The molecular formula is C11H21NO2. The van der Waals surface area contributed by atoms with E-state index in [-0.39, 0.29) is 12.2 Å². The first-order chi connectivity index (χ1) is 6.72. The van der Waals surface area contributed by atoms with Crippen LogP contribution in [-0.4, -0.2) is 18.7 Å². The summed E-state index contributed by atoms with van der Waals surface area (Å²) in [5.74, 6) is 0.680. The fraction of sp³-hybridized carbons (Fsp3) is 0.909. The molecule has 1 rings (SSSR count). The maximum atomic E-state index is 11.2. The van der Waals surface area contributed by atoms with Crippen LogP contribution in [0.3, 0.4) is 0 Å². The van der Waals surface area contributed by atoms with Crippen LogP contribution in [0.4, 0.5) is 4.79 Å². The van der Waals surface area contributed by atoms with E-state index < -0.39 is 0 Å². The Hall–Kier alpha value is -0.730. The number of nitrogens with one attached hydrogen (secondary N) is 1. The molecule has 3 nitrogen and oxygen atoms in total. The number of alkyl carbamates (subject to hydrolysis) is 1. The lowest BCUT2D eigenvalue weighted by molar-refractivity contribution is 0.104. The Labute approximate surface area is 86.2 Å². The molecule has 0 aromatic heterocycles. The summed E-state index contributed by atoms with van der Waals surface area (Å²) in [6.07, 6.45) is 5.77. The number of rotatable bonds is 4. The molecule has 0 spiro atoms. The lowest BCUT2D eigenvalue weighted by atomic mass is 10.1. The minimum absolute atomic E-state index is 0.0265. The molecule has 1 atom stereocenters. The highest BCUT2D eigenvalue weighted by atomic mass is 16.6. The number of hydrogen-bond donors (Lipinski definition) is 1. The molecule has 82 valence electrons. The van der Waals surface area contributed by atoms with Crippen LogP contribution in [0, 0.1) is 5.92 Å². The van der Waals surface area contributed by atoms with Crippen LogP contribution in [0.1, 0.15) is 46.0 Å². The summed E-state index contributed by atoms with van der Waals surface area (Å²) in [7, 11) is 0. The van der Waals surface area contributed by atoms with Gasteiger partial charge >= 0.3 is 6.09 Å². The fourth-order valence-electron chi connectivity index (χ4n) is 1.75. The Morgan fingerprint density at radius 2 is 2.14 bits per heavy atom. The zero-order valence-electron chi connectivity index (χ0n) is 9.21. The molecule has 0 heterocycles. The third-order valence-corrected chi connectivity index (χ3v) is 2.89. The van der Waals surface area contributed by atoms with Gasteiger partial charge in [-0.25, -0.2) is 4.79 Å². The molecule has 1 unspecified atom stereocenters. The monoisotopic (exact) mass is 199 g/mol. The average molecular weight is 199 g/mol. The molecule has 0 saturated heterocycles. The first-order valence-corrected chi connectivity index (χ1v) is 5.66. The highest BCUT2D eigenvalue weighted by Gasteiger charge is 2.16. The van der Waals surface area contributed by atoms with E-state index >= 15 is 0 Å². The zero-order chi connectivity index (χ0) is 10.4. The quantitative estimate of drug-likeness (QED) is 0.756. The molecule has 14 heavy (non-hydrogen) atoms. The second-order valence-corrected chi connectivity index (χ2v) is 4.16. The Balaban J connectivity index is 2.08. The molecule has 1 aliphatic carbocycles. The Morgan fingerprint density at radius 3 is 2.71 bits per heavy atom. The van der Waals surface area contributed by atoms with E-state index in [2.05, 4.69) is 5.32 Å². The summed E-state index contributed by atoms with van der Waals surface area (Å²) < 4.78 is 5.11. The maximum absolute atomic E-state index is 11.2. The van der Waals surface area contributed by atoms with Gasteiger partial charge in [0.1, 0.15) is 6.10 Å². The van der Waals surface area contributed by atoms with Gasteiger partial charge in [0.05, 0.1) is 0 Å². The van der Waals surface area contributed by atoms with Crippen LogP contribution < -0.4 is 5.32 Å². The van der Waals surface area contributed by atoms with Crippen molar-refractivity contribution >= 4 is 6.09 Å². The van der Waals surface area contributed by atoms with Crippen LogP contribution in [-0.2, 0) is 4.74 Å². The predicted octanol–water partition coefficient (Wildman–Crippen LogP) is 2.70. The van der Waals surface area contributed by atoms with Crippen molar-refractivity contribution in [3.05, 3.63) is 0 Å². The molecule has 0 bridgehead atoms. The van der Waals surface area contributed by atoms with Crippen LogP contribution in [0.15, 0.2) is 0 Å². The van der Waals surface area contributed by atoms with E-state index in [4.69, 9.17) is 4.74 Å². The second kappa shape index (κ2) is 5.89. The van der Waals surface area contributed by atoms with Gasteiger partial charge in [-0.2, -0.15) is 0 Å². The number of amides is 1. The minimum Gasteiger partial charge on any atom is -0.447 e. The molecule has 0 radical (unpaired) electrons. The predicted molar refractivity (Wildman–Crippen MR) is 56.2 cm³/mol. The van der Waals surface area contributed by atoms with Crippen molar-refractivity contribution < 1.29 is 9.53 Å². The third kappa shape index (κ3) is 3.99. The summed E-state index contributed by atoms with van der Waals surface area (Å²) >= 11 is 0. The largest absolute Gasteiger partial charge is 0.447 e. The standard InChI is InChI=1S/C11H21NO2/c1-3-9(2)14-11(13)12-8-10-6-4-5-7-10/h9-10H,3-8H2,1-2H3,(H,12,13). The van der Waals surface area contributed by atoms with Crippen molar-refractivity contribution in [2.24, 2.45) is 5.92 Å². The molecule has 0 aliphatic heterocycles. The van der Waals surface area contributed by atoms with Crippen LogP contribution in [0.5, 0.6) is 0 Å². The van der Waals surface area contributed by atoms with Gasteiger partial charge in [0, 0.05) is 6.54 Å². The van der Waals surface area contributed by atoms with Crippen molar-refractivity contribution in [2.75, 3.05) is 6.54 Å². The van der Waals surface area contributed by atoms with Crippen LogP contribution in [0.2, 0.25) is 0 Å². The van der Waals surface area contributed by atoms with Crippen LogP contribution >= 0.6 is 0 Å². The Morgan fingerprint density at radius 1 is 1.50 bits per heavy atom. The van der Waals surface area contributed by atoms with Gasteiger partial charge in [-0.05, 0) is 32.1 Å². The van der Waals surface area contributed by atoms with Gasteiger partial charge in [-0.15, -0.1) is 0 Å². The number of carbonyl (C=O) groups excluding carboxylic acids is 1. The zero-order valence-corrected chi connectivity index (χ0v) is 9.21. The molecular weight excluding hydrogens is 178 g/mol. The van der Waals surface area contributed by atoms with Gasteiger partial charge in [0.15, 0.2) is 0 Å². The van der Waals surface area contributed by atoms with Crippen molar-refractivity contribution in [1.29, 1.82) is 0 Å². The van der Waals surface area contributed by atoms with E-state index in [1.54, 1.807) is 0 Å². The molecule has 1 amide bonds. The molecule has 1 N–H and O–H groups in total. The van der Waals surface area contributed by atoms with Gasteiger partial charge in [-0.3, -0.25) is 0 Å². The Bertz CT molecular complexity index is 176. The number of ether oxygens (including phenoxy) is 1. The summed E-state index contributed by atoms with van der Waals surface area (Å²) in [6, 6.07) is 0. The van der Waals surface area contributed by atoms with Gasteiger partial charge < -0.3 is 10.1 Å². The lowest BCUT2D eigenvalue weighted by Gasteiger charge is -2.14. The number of hydrogen-bond acceptors (Lipinski definition) is 2. The topological polar surface area (TPSA) is 38.3 Å². The molecule has 1 saturated carbocycles. The molecule has 3 heteroatoms. The average Bonchev–Trinajstić information content (AvgIpc) is 2.67. The number of carbonyl (C=O) groups is 1. The third-order valence-electron chi connectivity index (χ3n) is 2.89. The fourth-order valence-corrected chi connectivity index (χ4v) is 1.75. The van der Waals surface area contributed by atoms with Crippen molar-refractivity contribution in [2.45, 2.75) is 52.1 Å². The first kappa shape index (κ1) is 11.3. The summed E-state index contributed by atoms with van der Waals surface area (Å²) in [5.41, 5.74) is 0. The maximum Gasteiger partial charge on any atom is 0.407 e. The summed E-state index contributed by atoms with van der Waals surface area (Å²) in [4.78, 5) is 11.2. The van der Waals surface area contributed by atoms with E-state index in [0.29, 0.717) is 5.92 Å².